The molecule has 26 heavy (non-hydrogen) atoms. The Bertz CT molecular complexity index is 911. The summed E-state index contributed by atoms with van der Waals surface area (Å²) in [7, 11) is 0.539. The number of nitrogens with zero attached hydrogens (tertiary/aromatic N) is 1. The fraction of sp³-hybridized carbons (Fsp3) is 0.421. The molecule has 0 N–H and O–H groups in total. The Morgan fingerprint density at radius 1 is 1.23 bits per heavy atom. The van der Waals surface area contributed by atoms with Crippen molar-refractivity contribution in [3.05, 3.63) is 42.0 Å². The molecule has 2 aromatic rings. The topological polar surface area (TPSA) is 63.7 Å². The number of fused-ring (bicyclic) bond motifs is 1. The lowest BCUT2D eigenvalue weighted by molar-refractivity contribution is -0.127. The number of ether oxygens (including phenoxy) is 1. The first kappa shape index (κ1) is 19.0. The smallest absolute Gasteiger partial charge is 0.232 e. The minimum atomic E-state index is -2.89. The molecule has 0 unspecified atom stereocenters. The number of carbonyl (C=O) groups is 1. The van der Waals surface area contributed by atoms with Crippen molar-refractivity contribution in [2.75, 3.05) is 31.4 Å². The van der Waals surface area contributed by atoms with E-state index >= 15 is 0 Å². The van der Waals surface area contributed by atoms with Crippen LogP contribution in [0.15, 0.2) is 36.4 Å². The van der Waals surface area contributed by atoms with Gasteiger partial charge in [0.1, 0.15) is 5.75 Å². The summed E-state index contributed by atoms with van der Waals surface area (Å²) in [6.07, 6.45) is 0.651. The molecule has 0 bridgehead atoms. The Hall–Kier alpha value is -1.73. The predicted molar refractivity (Wildman–Crippen MR) is 106 cm³/mol. The molecular formula is C19H23NO4S2. The highest BCUT2D eigenvalue weighted by atomic mass is 32.2. The largest absolute Gasteiger partial charge is 0.497 e. The molecule has 1 aliphatic rings. The van der Waals surface area contributed by atoms with E-state index in [2.05, 4.69) is 6.07 Å². The second-order valence-corrected chi connectivity index (χ2v) is 10.2. The molecule has 2 aromatic carbocycles. The quantitative estimate of drug-likeness (QED) is 0.755. The zero-order valence-electron chi connectivity index (χ0n) is 15.0. The van der Waals surface area contributed by atoms with E-state index in [1.54, 1.807) is 19.1 Å². The number of thioether (sulfide) groups is 1. The van der Waals surface area contributed by atoms with Crippen LogP contribution in [0.25, 0.3) is 10.8 Å². The molecule has 1 fully saturated rings. The molecule has 5 nitrogen and oxygen atoms in total. The van der Waals surface area contributed by atoms with Gasteiger partial charge < -0.3 is 9.64 Å². The molecule has 0 saturated carbocycles. The Morgan fingerprint density at radius 2 is 1.96 bits per heavy atom. The zero-order chi connectivity index (χ0) is 18.7. The summed E-state index contributed by atoms with van der Waals surface area (Å²) in [5.74, 6) is 1.61. The first-order valence-corrected chi connectivity index (χ1v) is 11.4. The maximum Gasteiger partial charge on any atom is 0.232 e. The molecule has 0 aliphatic carbocycles. The van der Waals surface area contributed by atoms with Gasteiger partial charge in [-0.25, -0.2) is 8.42 Å². The summed E-state index contributed by atoms with van der Waals surface area (Å²) in [5.41, 5.74) is 1.06. The molecule has 1 saturated heterocycles. The van der Waals surface area contributed by atoms with Gasteiger partial charge in [-0.3, -0.25) is 4.79 Å². The number of benzene rings is 2. The zero-order valence-corrected chi connectivity index (χ0v) is 16.6. The van der Waals surface area contributed by atoms with E-state index in [1.165, 1.54) is 11.8 Å². The second-order valence-electron chi connectivity index (χ2n) is 6.63. The number of sulfone groups is 1. The Balaban J connectivity index is 1.57. The average Bonchev–Trinajstić information content (AvgIpc) is 2.98. The highest BCUT2D eigenvalue weighted by Gasteiger charge is 2.28. The summed E-state index contributed by atoms with van der Waals surface area (Å²) in [6, 6.07) is 12.0. The Kier molecular flexibility index (Phi) is 5.77. The molecule has 3 rings (SSSR count). The van der Waals surface area contributed by atoms with Crippen LogP contribution in [-0.2, 0) is 21.2 Å². The van der Waals surface area contributed by atoms with Crippen molar-refractivity contribution in [2.45, 2.75) is 18.2 Å². The van der Waals surface area contributed by atoms with E-state index < -0.39 is 9.84 Å². The van der Waals surface area contributed by atoms with Crippen LogP contribution in [-0.4, -0.2) is 55.9 Å². The van der Waals surface area contributed by atoms with Crippen LogP contribution < -0.4 is 4.74 Å². The molecule has 1 atom stereocenters. The first-order valence-electron chi connectivity index (χ1n) is 8.49. The summed E-state index contributed by atoms with van der Waals surface area (Å²) in [6.45, 7) is 0.532. The van der Waals surface area contributed by atoms with E-state index in [0.29, 0.717) is 18.7 Å². The molecule has 0 spiro atoms. The summed E-state index contributed by atoms with van der Waals surface area (Å²) in [4.78, 5) is 14.0. The van der Waals surface area contributed by atoms with Crippen LogP contribution in [0.5, 0.6) is 5.75 Å². The van der Waals surface area contributed by atoms with Gasteiger partial charge in [0.15, 0.2) is 9.84 Å². The van der Waals surface area contributed by atoms with Crippen LogP contribution >= 0.6 is 11.8 Å². The fourth-order valence-corrected chi connectivity index (χ4v) is 6.64. The van der Waals surface area contributed by atoms with Gasteiger partial charge in [0.25, 0.3) is 0 Å². The molecule has 1 heterocycles. The Labute approximate surface area is 158 Å². The average molecular weight is 394 g/mol. The predicted octanol–water partition coefficient (Wildman–Crippen LogP) is 2.73. The molecule has 140 valence electrons. The third-order valence-corrected chi connectivity index (χ3v) is 7.86. The third-order valence-electron chi connectivity index (χ3n) is 4.59. The monoisotopic (exact) mass is 393 g/mol. The van der Waals surface area contributed by atoms with Gasteiger partial charge in [0.05, 0.1) is 24.4 Å². The van der Waals surface area contributed by atoms with E-state index in [4.69, 9.17) is 4.74 Å². The minimum absolute atomic E-state index is 0.0223. The van der Waals surface area contributed by atoms with Crippen molar-refractivity contribution in [3.63, 3.8) is 0 Å². The third kappa shape index (κ3) is 4.71. The van der Waals surface area contributed by atoms with Gasteiger partial charge in [0, 0.05) is 18.8 Å². The SMILES string of the molecule is COc1ccc2cc(CN(C)C(=O)CS[C@@H]3CCS(=O)(=O)C3)ccc2c1. The lowest BCUT2D eigenvalue weighted by Crippen LogP contribution is -2.28. The van der Waals surface area contributed by atoms with Crippen molar-refractivity contribution >= 4 is 38.3 Å². The maximum atomic E-state index is 12.4. The molecular weight excluding hydrogens is 370 g/mol. The number of amides is 1. The van der Waals surface area contributed by atoms with E-state index in [0.717, 1.165) is 22.1 Å². The summed E-state index contributed by atoms with van der Waals surface area (Å²) < 4.78 is 28.2. The van der Waals surface area contributed by atoms with Gasteiger partial charge in [-0.15, -0.1) is 11.8 Å². The Morgan fingerprint density at radius 3 is 2.65 bits per heavy atom. The van der Waals surface area contributed by atoms with Crippen LogP contribution in [0.3, 0.4) is 0 Å². The van der Waals surface area contributed by atoms with Crippen molar-refractivity contribution in [2.24, 2.45) is 0 Å². The fourth-order valence-electron chi connectivity index (χ4n) is 3.05. The molecule has 1 aliphatic heterocycles. The number of methoxy groups -OCH3 is 1. The van der Waals surface area contributed by atoms with Crippen LogP contribution in [0, 0.1) is 0 Å². The number of hydrogen-bond donors (Lipinski definition) is 0. The van der Waals surface area contributed by atoms with Crippen molar-refractivity contribution in [1.29, 1.82) is 0 Å². The van der Waals surface area contributed by atoms with Crippen LogP contribution in [0.1, 0.15) is 12.0 Å². The number of rotatable bonds is 6. The van der Waals surface area contributed by atoms with Gasteiger partial charge in [0.2, 0.25) is 5.91 Å². The minimum Gasteiger partial charge on any atom is -0.497 e. The highest BCUT2D eigenvalue weighted by Crippen LogP contribution is 2.25. The second kappa shape index (κ2) is 7.88. The van der Waals surface area contributed by atoms with Gasteiger partial charge >= 0.3 is 0 Å². The van der Waals surface area contributed by atoms with Crippen molar-refractivity contribution < 1.29 is 17.9 Å². The lowest BCUT2D eigenvalue weighted by atomic mass is 10.1. The van der Waals surface area contributed by atoms with E-state index in [9.17, 15) is 13.2 Å². The molecule has 0 radical (unpaired) electrons. The van der Waals surface area contributed by atoms with E-state index in [1.807, 2.05) is 30.3 Å². The van der Waals surface area contributed by atoms with E-state index in [-0.39, 0.29) is 22.7 Å². The normalized spacial score (nSPS) is 18.8. The molecule has 7 heteroatoms. The standard InChI is InChI=1S/C19H23NO4S2/c1-20(19(21)12-25-18-7-8-26(22,23)13-18)11-14-3-4-16-10-17(24-2)6-5-15(16)9-14/h3-6,9-10,18H,7-8,11-13H2,1-2H3/t18-/m1/s1. The van der Waals surface area contributed by atoms with Crippen LogP contribution in [0.4, 0.5) is 0 Å². The number of hydrogen-bond acceptors (Lipinski definition) is 5. The first-order chi connectivity index (χ1) is 12.4. The lowest BCUT2D eigenvalue weighted by Gasteiger charge is -2.18. The van der Waals surface area contributed by atoms with Gasteiger partial charge in [-0.05, 0) is 41.0 Å². The summed E-state index contributed by atoms with van der Waals surface area (Å²) in [5, 5.41) is 2.25. The molecule has 1 amide bonds. The molecule has 0 aromatic heterocycles. The number of carbonyl (C=O) groups excluding carboxylic acids is 1. The van der Waals surface area contributed by atoms with Crippen molar-refractivity contribution in [1.82, 2.24) is 4.90 Å². The van der Waals surface area contributed by atoms with Crippen molar-refractivity contribution in [3.8, 4) is 5.75 Å². The van der Waals surface area contributed by atoms with Gasteiger partial charge in [-0.1, -0.05) is 18.2 Å². The van der Waals surface area contributed by atoms with Crippen LogP contribution in [0.2, 0.25) is 0 Å². The maximum absolute atomic E-state index is 12.4. The highest BCUT2D eigenvalue weighted by molar-refractivity contribution is 8.02. The summed E-state index contributed by atoms with van der Waals surface area (Å²) >= 11 is 1.46. The van der Waals surface area contributed by atoms with Gasteiger partial charge in [-0.2, -0.15) is 0 Å².